The molecule has 1 aromatic heterocycles. The lowest BCUT2D eigenvalue weighted by Crippen LogP contribution is -2.25. The number of benzene rings is 1. The van der Waals surface area contributed by atoms with E-state index in [4.69, 9.17) is 5.73 Å². The molecule has 2 aromatic rings. The van der Waals surface area contributed by atoms with Gasteiger partial charge < -0.3 is 15.8 Å². The standard InChI is InChI=1S/C14H13F3N4O2S.ClH/c1-23-11(22)9-4-2-3-8(5-9)10-6-24-13(20-10)21-12(18)19-7-14(15,16)17;/h2-6H,7H2,1H3,(H3,18,19,20,21);1H. The topological polar surface area (TPSA) is 89.6 Å². The summed E-state index contributed by atoms with van der Waals surface area (Å²) in [5.41, 5.74) is 6.95. The van der Waals surface area contributed by atoms with Gasteiger partial charge in [-0.25, -0.2) is 14.8 Å². The number of hydrogen-bond donors (Lipinski definition) is 2. The molecule has 11 heteroatoms. The zero-order valence-corrected chi connectivity index (χ0v) is 14.5. The molecule has 0 bridgehead atoms. The number of aliphatic imine (C=N–C) groups is 1. The predicted molar refractivity (Wildman–Crippen MR) is 92.3 cm³/mol. The Morgan fingerprint density at radius 3 is 2.80 bits per heavy atom. The van der Waals surface area contributed by atoms with E-state index in [0.29, 0.717) is 16.8 Å². The molecule has 0 fully saturated rings. The number of methoxy groups -OCH3 is 1. The molecule has 1 heterocycles. The second-order valence-electron chi connectivity index (χ2n) is 4.55. The quantitative estimate of drug-likeness (QED) is 0.471. The number of esters is 1. The number of ether oxygens (including phenoxy) is 1. The van der Waals surface area contributed by atoms with Gasteiger partial charge in [0.25, 0.3) is 0 Å². The van der Waals surface area contributed by atoms with Gasteiger partial charge in [-0.15, -0.1) is 23.7 Å². The number of nitrogens with one attached hydrogen (secondary N) is 1. The summed E-state index contributed by atoms with van der Waals surface area (Å²) in [7, 11) is 1.28. The molecular weight excluding hydrogens is 381 g/mol. The summed E-state index contributed by atoms with van der Waals surface area (Å²) >= 11 is 1.15. The van der Waals surface area contributed by atoms with E-state index in [1.165, 1.54) is 7.11 Å². The number of rotatable bonds is 4. The van der Waals surface area contributed by atoms with Gasteiger partial charge in [0.2, 0.25) is 0 Å². The minimum atomic E-state index is -4.42. The molecule has 0 saturated carbocycles. The summed E-state index contributed by atoms with van der Waals surface area (Å²) in [5.74, 6) is -0.856. The third-order valence-corrected chi connectivity index (χ3v) is 3.51. The van der Waals surface area contributed by atoms with Crippen LogP contribution in [-0.2, 0) is 4.74 Å². The first kappa shape index (κ1) is 20.7. The van der Waals surface area contributed by atoms with Crippen molar-refractivity contribution in [2.45, 2.75) is 6.18 Å². The minimum absolute atomic E-state index is 0. The molecule has 3 N–H and O–H groups in total. The highest BCUT2D eigenvalue weighted by molar-refractivity contribution is 7.14. The number of carbonyl (C=O) groups is 1. The molecular formula is C14H14ClF3N4O2S. The maximum Gasteiger partial charge on any atom is 0.408 e. The zero-order chi connectivity index (χ0) is 17.7. The summed E-state index contributed by atoms with van der Waals surface area (Å²) in [6, 6.07) is 6.62. The van der Waals surface area contributed by atoms with Crippen molar-refractivity contribution in [2.75, 3.05) is 19.0 Å². The van der Waals surface area contributed by atoms with Crippen LogP contribution in [0.5, 0.6) is 0 Å². The summed E-state index contributed by atoms with van der Waals surface area (Å²) in [4.78, 5) is 18.9. The van der Waals surface area contributed by atoms with E-state index in [9.17, 15) is 18.0 Å². The second-order valence-corrected chi connectivity index (χ2v) is 5.41. The van der Waals surface area contributed by atoms with E-state index in [1.54, 1.807) is 29.6 Å². The lowest BCUT2D eigenvalue weighted by molar-refractivity contribution is -0.118. The monoisotopic (exact) mass is 394 g/mol. The van der Waals surface area contributed by atoms with Crippen LogP contribution in [0, 0.1) is 0 Å². The molecule has 2 rings (SSSR count). The van der Waals surface area contributed by atoms with Crippen molar-refractivity contribution in [3.8, 4) is 11.3 Å². The van der Waals surface area contributed by atoms with Gasteiger partial charge in [0.15, 0.2) is 11.1 Å². The summed E-state index contributed by atoms with van der Waals surface area (Å²) in [5, 5.41) is 4.46. The molecule has 6 nitrogen and oxygen atoms in total. The fourth-order valence-electron chi connectivity index (χ4n) is 1.71. The Morgan fingerprint density at radius 2 is 2.16 bits per heavy atom. The van der Waals surface area contributed by atoms with E-state index in [-0.39, 0.29) is 23.5 Å². The number of guanidine groups is 1. The van der Waals surface area contributed by atoms with E-state index in [1.807, 2.05) is 0 Å². The first-order valence-corrected chi connectivity index (χ1v) is 7.44. The van der Waals surface area contributed by atoms with Crippen molar-refractivity contribution in [1.82, 2.24) is 4.98 Å². The molecule has 0 unspecified atom stereocenters. The van der Waals surface area contributed by atoms with Gasteiger partial charge in [-0.1, -0.05) is 12.1 Å². The lowest BCUT2D eigenvalue weighted by atomic mass is 10.1. The number of carbonyl (C=O) groups excluding carboxylic acids is 1. The van der Waals surface area contributed by atoms with Crippen molar-refractivity contribution >= 4 is 40.8 Å². The molecule has 0 aliphatic heterocycles. The van der Waals surface area contributed by atoms with Crippen LogP contribution in [0.1, 0.15) is 10.4 Å². The van der Waals surface area contributed by atoms with Crippen LogP contribution in [0.2, 0.25) is 0 Å². The smallest absolute Gasteiger partial charge is 0.408 e. The predicted octanol–water partition coefficient (Wildman–Crippen LogP) is 3.31. The van der Waals surface area contributed by atoms with Crippen molar-refractivity contribution < 1.29 is 22.7 Å². The van der Waals surface area contributed by atoms with E-state index < -0.39 is 18.7 Å². The minimum Gasteiger partial charge on any atom is -0.465 e. The summed E-state index contributed by atoms with van der Waals surface area (Å²) in [6.45, 7) is -1.37. The number of hydrogen-bond acceptors (Lipinski definition) is 5. The van der Waals surface area contributed by atoms with Crippen LogP contribution in [0.25, 0.3) is 11.3 Å². The Labute approximate surface area is 151 Å². The van der Waals surface area contributed by atoms with Crippen LogP contribution >= 0.6 is 23.7 Å². The maximum absolute atomic E-state index is 12.1. The maximum atomic E-state index is 12.1. The Morgan fingerprint density at radius 1 is 1.44 bits per heavy atom. The summed E-state index contributed by atoms with van der Waals surface area (Å²) in [6.07, 6.45) is -4.42. The van der Waals surface area contributed by atoms with E-state index >= 15 is 0 Å². The first-order valence-electron chi connectivity index (χ1n) is 6.56. The SMILES string of the molecule is COC(=O)c1cccc(-c2csc(NC(N)=NCC(F)(F)F)n2)c1.Cl. The molecule has 1 aromatic carbocycles. The Bertz CT molecular complexity index is 765. The highest BCUT2D eigenvalue weighted by Crippen LogP contribution is 2.25. The van der Waals surface area contributed by atoms with Gasteiger partial charge in [-0.3, -0.25) is 0 Å². The van der Waals surface area contributed by atoms with Crippen LogP contribution < -0.4 is 11.1 Å². The number of anilines is 1. The molecule has 0 saturated heterocycles. The summed E-state index contributed by atoms with van der Waals surface area (Å²) < 4.78 is 40.9. The molecule has 0 aliphatic rings. The van der Waals surface area contributed by atoms with Crippen LogP contribution in [0.3, 0.4) is 0 Å². The van der Waals surface area contributed by atoms with Gasteiger partial charge in [0.1, 0.15) is 6.54 Å². The average Bonchev–Trinajstić information content (AvgIpc) is 3.00. The number of aromatic nitrogens is 1. The fraction of sp³-hybridized carbons (Fsp3) is 0.214. The van der Waals surface area contributed by atoms with Crippen molar-refractivity contribution in [3.05, 3.63) is 35.2 Å². The van der Waals surface area contributed by atoms with E-state index in [2.05, 4.69) is 20.0 Å². The molecule has 136 valence electrons. The Kier molecular flexibility index (Phi) is 7.19. The van der Waals surface area contributed by atoms with Crippen LogP contribution in [0.4, 0.5) is 18.3 Å². The highest BCUT2D eigenvalue weighted by Gasteiger charge is 2.26. The van der Waals surface area contributed by atoms with E-state index in [0.717, 1.165) is 11.3 Å². The van der Waals surface area contributed by atoms with Crippen LogP contribution in [-0.4, -0.2) is 36.7 Å². The fourth-order valence-corrected chi connectivity index (χ4v) is 2.44. The Hall–Kier alpha value is -2.33. The highest BCUT2D eigenvalue weighted by atomic mass is 35.5. The second kappa shape index (κ2) is 8.67. The Balaban J connectivity index is 0.00000312. The third-order valence-electron chi connectivity index (χ3n) is 2.75. The van der Waals surface area contributed by atoms with Crippen LogP contribution in [0.15, 0.2) is 34.6 Å². The lowest BCUT2D eigenvalue weighted by Gasteiger charge is -2.04. The molecule has 0 amide bonds. The number of thiazole rings is 1. The third kappa shape index (κ3) is 6.24. The normalized spacial score (nSPS) is 11.6. The van der Waals surface area contributed by atoms with Gasteiger partial charge in [-0.2, -0.15) is 13.2 Å². The van der Waals surface area contributed by atoms with Gasteiger partial charge in [0, 0.05) is 10.9 Å². The number of nitrogens with two attached hydrogens (primary N) is 1. The largest absolute Gasteiger partial charge is 0.465 e. The van der Waals surface area contributed by atoms with Crippen molar-refractivity contribution in [2.24, 2.45) is 10.7 Å². The molecule has 0 atom stereocenters. The van der Waals surface area contributed by atoms with Gasteiger partial charge in [0.05, 0.1) is 18.4 Å². The van der Waals surface area contributed by atoms with Crippen molar-refractivity contribution in [1.29, 1.82) is 0 Å². The van der Waals surface area contributed by atoms with Crippen molar-refractivity contribution in [3.63, 3.8) is 0 Å². The first-order chi connectivity index (χ1) is 11.3. The molecule has 0 radical (unpaired) electrons. The number of halogens is 4. The zero-order valence-electron chi connectivity index (χ0n) is 12.8. The molecule has 0 aliphatic carbocycles. The molecule has 0 spiro atoms. The number of nitrogens with zero attached hydrogens (tertiary/aromatic N) is 2. The number of alkyl halides is 3. The molecule has 25 heavy (non-hydrogen) atoms. The average molecular weight is 395 g/mol. The van der Waals surface area contributed by atoms with Gasteiger partial charge >= 0.3 is 12.1 Å². The van der Waals surface area contributed by atoms with Gasteiger partial charge in [-0.05, 0) is 12.1 Å².